The van der Waals surface area contributed by atoms with Crippen LogP contribution in [0.2, 0.25) is 0 Å². The SMILES string of the molecule is COc1ccc(-c2nc(C(=O)N/N=C/c3c(C)nn(C)c3Oc3ccc(F)cc3F)cc3c2[nH]c2ccccc23)cc1OC. The van der Waals surface area contributed by atoms with Gasteiger partial charge in [-0.25, -0.2) is 23.9 Å². The van der Waals surface area contributed by atoms with E-state index in [1.807, 2.05) is 30.3 Å². The number of amides is 1. The van der Waals surface area contributed by atoms with Gasteiger partial charge in [-0.2, -0.15) is 10.2 Å². The van der Waals surface area contributed by atoms with Gasteiger partial charge in [0.25, 0.3) is 5.91 Å². The molecule has 0 fully saturated rings. The molecule has 0 saturated heterocycles. The second-order valence-corrected chi connectivity index (χ2v) is 9.82. The van der Waals surface area contributed by atoms with Crippen molar-refractivity contribution in [2.75, 3.05) is 14.2 Å². The first kappa shape index (κ1) is 28.3. The van der Waals surface area contributed by atoms with Gasteiger partial charge in [-0.1, -0.05) is 18.2 Å². The second-order valence-electron chi connectivity index (χ2n) is 9.82. The van der Waals surface area contributed by atoms with Gasteiger partial charge < -0.3 is 19.2 Å². The number of hydrogen-bond donors (Lipinski definition) is 2. The number of aromatic nitrogens is 4. The van der Waals surface area contributed by atoms with Crippen LogP contribution in [0.1, 0.15) is 21.7 Å². The smallest absolute Gasteiger partial charge is 0.289 e. The average molecular weight is 597 g/mol. The third kappa shape index (κ3) is 5.17. The maximum Gasteiger partial charge on any atom is 0.289 e. The number of aromatic amines is 1. The molecule has 6 aromatic rings. The third-order valence-corrected chi connectivity index (χ3v) is 7.06. The maximum absolute atomic E-state index is 14.3. The van der Waals surface area contributed by atoms with Gasteiger partial charge in [-0.15, -0.1) is 0 Å². The number of ether oxygens (including phenoxy) is 3. The Labute approximate surface area is 249 Å². The number of hydrogen-bond acceptors (Lipinski definition) is 7. The summed E-state index contributed by atoms with van der Waals surface area (Å²) in [7, 11) is 4.71. The number of nitrogens with one attached hydrogen (secondary N) is 2. The van der Waals surface area contributed by atoms with Crippen molar-refractivity contribution in [1.29, 1.82) is 0 Å². The Morgan fingerprint density at radius 3 is 2.52 bits per heavy atom. The lowest BCUT2D eigenvalue weighted by atomic mass is 10.1. The lowest BCUT2D eigenvalue weighted by Gasteiger charge is -2.11. The molecule has 0 aliphatic rings. The standard InChI is InChI=1S/C32H26F2N6O4/c1-17-22(32(40(2)39-17)44-26-12-10-19(33)14-23(26)34)16-35-38-31(41)25-15-21-20-7-5-6-8-24(20)36-30(21)29(37-25)18-9-11-27(42-3)28(13-18)43-4/h5-16,36H,1-4H3,(H,38,41)/b35-16+. The Morgan fingerprint density at radius 1 is 0.977 bits per heavy atom. The summed E-state index contributed by atoms with van der Waals surface area (Å²) in [5, 5.41) is 10.1. The topological polar surface area (TPSA) is 116 Å². The number of H-pyrrole nitrogens is 1. The number of carbonyl (C=O) groups excluding carboxylic acids is 1. The van der Waals surface area contributed by atoms with Crippen LogP contribution in [0.15, 0.2) is 71.8 Å². The molecule has 44 heavy (non-hydrogen) atoms. The van der Waals surface area contributed by atoms with Crippen molar-refractivity contribution in [3.8, 4) is 34.4 Å². The second kappa shape index (κ2) is 11.5. The van der Waals surface area contributed by atoms with E-state index in [1.165, 1.54) is 17.0 Å². The Balaban J connectivity index is 1.35. The molecule has 0 unspecified atom stereocenters. The van der Waals surface area contributed by atoms with E-state index in [1.54, 1.807) is 46.4 Å². The highest BCUT2D eigenvalue weighted by molar-refractivity contribution is 6.13. The van der Waals surface area contributed by atoms with E-state index in [0.29, 0.717) is 34.0 Å². The zero-order valence-corrected chi connectivity index (χ0v) is 24.1. The minimum Gasteiger partial charge on any atom is -0.493 e. The molecule has 2 N–H and O–H groups in total. The van der Waals surface area contributed by atoms with Crippen molar-refractivity contribution < 1.29 is 27.8 Å². The Kier molecular flexibility index (Phi) is 7.39. The quantitative estimate of drug-likeness (QED) is 0.158. The predicted octanol–water partition coefficient (Wildman–Crippen LogP) is 6.28. The summed E-state index contributed by atoms with van der Waals surface area (Å²) in [6.07, 6.45) is 1.34. The number of para-hydroxylation sites is 1. The van der Waals surface area contributed by atoms with Gasteiger partial charge in [0, 0.05) is 35.0 Å². The fourth-order valence-electron chi connectivity index (χ4n) is 4.95. The van der Waals surface area contributed by atoms with Gasteiger partial charge in [0.15, 0.2) is 23.1 Å². The largest absolute Gasteiger partial charge is 0.493 e. The zero-order valence-electron chi connectivity index (χ0n) is 24.1. The van der Waals surface area contributed by atoms with E-state index in [9.17, 15) is 13.6 Å². The number of fused-ring (bicyclic) bond motifs is 3. The van der Waals surface area contributed by atoms with Gasteiger partial charge in [-0.05, 0) is 49.4 Å². The molecule has 1 amide bonds. The number of halogens is 2. The molecule has 0 atom stereocenters. The van der Waals surface area contributed by atoms with Gasteiger partial charge in [0.2, 0.25) is 5.88 Å². The molecule has 0 aliphatic carbocycles. The Hall–Kier alpha value is -5.78. The average Bonchev–Trinajstić information content (AvgIpc) is 3.53. The lowest BCUT2D eigenvalue weighted by molar-refractivity contribution is 0.0950. The van der Waals surface area contributed by atoms with Crippen molar-refractivity contribution in [2.24, 2.45) is 12.1 Å². The fourth-order valence-corrected chi connectivity index (χ4v) is 4.95. The molecule has 6 rings (SSSR count). The summed E-state index contributed by atoms with van der Waals surface area (Å²) >= 11 is 0. The first-order valence-corrected chi connectivity index (χ1v) is 13.4. The van der Waals surface area contributed by atoms with Crippen LogP contribution in [0.5, 0.6) is 23.1 Å². The van der Waals surface area contributed by atoms with E-state index >= 15 is 0 Å². The van der Waals surface area contributed by atoms with Crippen molar-refractivity contribution in [3.63, 3.8) is 0 Å². The summed E-state index contributed by atoms with van der Waals surface area (Å²) in [6, 6.07) is 17.8. The van der Waals surface area contributed by atoms with E-state index in [4.69, 9.17) is 19.2 Å². The van der Waals surface area contributed by atoms with Crippen LogP contribution in [0.3, 0.4) is 0 Å². The van der Waals surface area contributed by atoms with Gasteiger partial charge in [0.05, 0.1) is 42.9 Å². The van der Waals surface area contributed by atoms with Crippen molar-refractivity contribution in [3.05, 3.63) is 95.3 Å². The first-order chi connectivity index (χ1) is 21.3. The third-order valence-electron chi connectivity index (χ3n) is 7.06. The summed E-state index contributed by atoms with van der Waals surface area (Å²) < 4.78 is 45.6. The van der Waals surface area contributed by atoms with Crippen molar-refractivity contribution in [2.45, 2.75) is 6.92 Å². The van der Waals surface area contributed by atoms with E-state index < -0.39 is 17.5 Å². The highest BCUT2D eigenvalue weighted by Gasteiger charge is 2.20. The molecule has 222 valence electrons. The molecule has 0 saturated carbocycles. The molecular formula is C32H26F2N6O4. The molecule has 3 aromatic heterocycles. The van der Waals surface area contributed by atoms with Crippen LogP contribution in [0.25, 0.3) is 33.1 Å². The monoisotopic (exact) mass is 596 g/mol. The van der Waals surface area contributed by atoms with Gasteiger partial charge in [0.1, 0.15) is 11.5 Å². The van der Waals surface area contributed by atoms with Gasteiger partial charge >= 0.3 is 0 Å². The molecule has 10 nitrogen and oxygen atoms in total. The number of pyridine rings is 1. The van der Waals surface area contributed by atoms with Crippen LogP contribution >= 0.6 is 0 Å². The molecule has 0 aliphatic heterocycles. The molecule has 3 heterocycles. The number of hydrazone groups is 1. The molecule has 0 radical (unpaired) electrons. The molecule has 0 spiro atoms. The number of benzene rings is 3. The van der Waals surface area contributed by atoms with E-state index in [-0.39, 0.29) is 17.3 Å². The van der Waals surface area contributed by atoms with E-state index in [2.05, 4.69) is 20.6 Å². The maximum atomic E-state index is 14.3. The highest BCUT2D eigenvalue weighted by atomic mass is 19.1. The van der Waals surface area contributed by atoms with Crippen LogP contribution in [0.4, 0.5) is 8.78 Å². The summed E-state index contributed by atoms with van der Waals surface area (Å²) in [5.74, 6) is -1.13. The predicted molar refractivity (Wildman–Crippen MR) is 162 cm³/mol. The summed E-state index contributed by atoms with van der Waals surface area (Å²) in [4.78, 5) is 21.5. The normalized spacial score (nSPS) is 11.4. The molecule has 0 bridgehead atoms. The zero-order chi connectivity index (χ0) is 31.0. The summed E-state index contributed by atoms with van der Waals surface area (Å²) in [6.45, 7) is 1.71. The van der Waals surface area contributed by atoms with Crippen LogP contribution in [0, 0.1) is 18.6 Å². The van der Waals surface area contributed by atoms with E-state index in [0.717, 1.165) is 33.9 Å². The Bertz CT molecular complexity index is 2090. The van der Waals surface area contributed by atoms with Crippen LogP contribution in [-0.2, 0) is 7.05 Å². The number of rotatable bonds is 8. The fraction of sp³-hybridized carbons (Fsp3) is 0.125. The number of aryl methyl sites for hydroxylation is 2. The minimum atomic E-state index is -0.871. The number of nitrogens with zero attached hydrogens (tertiary/aromatic N) is 4. The van der Waals surface area contributed by atoms with Crippen LogP contribution < -0.4 is 19.6 Å². The number of methoxy groups -OCH3 is 2. The Morgan fingerprint density at radius 2 is 1.75 bits per heavy atom. The first-order valence-electron chi connectivity index (χ1n) is 13.4. The van der Waals surface area contributed by atoms with Crippen LogP contribution in [-0.4, -0.2) is 46.1 Å². The highest BCUT2D eigenvalue weighted by Crippen LogP contribution is 2.37. The van der Waals surface area contributed by atoms with Gasteiger partial charge in [-0.3, -0.25) is 4.79 Å². The molecule has 12 heteroatoms. The molecular weight excluding hydrogens is 570 g/mol. The molecule has 3 aromatic carbocycles. The van der Waals surface area contributed by atoms with Crippen molar-refractivity contribution in [1.82, 2.24) is 25.2 Å². The van der Waals surface area contributed by atoms with Crippen molar-refractivity contribution >= 4 is 33.9 Å². The number of carbonyl (C=O) groups is 1. The lowest BCUT2D eigenvalue weighted by Crippen LogP contribution is -2.19. The summed E-state index contributed by atoms with van der Waals surface area (Å²) in [5.41, 5.74) is 6.42. The minimum absolute atomic E-state index is 0.122.